The fourth-order valence-electron chi connectivity index (χ4n) is 2.33. The zero-order valence-electron chi connectivity index (χ0n) is 11.0. The molecule has 0 aliphatic carbocycles. The van der Waals surface area contributed by atoms with Crippen molar-refractivity contribution in [2.45, 2.75) is 19.8 Å². The molecular formula is C15H14N2O2S. The molecule has 1 N–H and O–H groups in total. The molecule has 0 amide bonds. The Kier molecular flexibility index (Phi) is 3.28. The summed E-state index contributed by atoms with van der Waals surface area (Å²) in [7, 11) is 0. The van der Waals surface area contributed by atoms with E-state index in [0.29, 0.717) is 6.42 Å². The van der Waals surface area contributed by atoms with Gasteiger partial charge in [0.15, 0.2) is 0 Å². The SMILES string of the molecule is Cc1cccn2c(CCC(=O)O)c(-c3cccs3)nc12. The molecule has 0 aliphatic heterocycles. The average Bonchev–Trinajstić information content (AvgIpc) is 3.04. The molecule has 0 saturated heterocycles. The fourth-order valence-corrected chi connectivity index (χ4v) is 3.06. The van der Waals surface area contributed by atoms with Gasteiger partial charge in [0, 0.05) is 12.6 Å². The summed E-state index contributed by atoms with van der Waals surface area (Å²) in [6, 6.07) is 7.98. The third-order valence-corrected chi connectivity index (χ3v) is 4.15. The van der Waals surface area contributed by atoms with Crippen molar-refractivity contribution >= 4 is 23.0 Å². The van der Waals surface area contributed by atoms with Crippen LogP contribution in [0, 0.1) is 6.92 Å². The molecule has 0 unspecified atom stereocenters. The molecule has 3 rings (SSSR count). The third-order valence-electron chi connectivity index (χ3n) is 3.27. The standard InChI is InChI=1S/C15H14N2O2S/c1-10-4-2-8-17-11(6-7-13(18)19)14(16-15(10)17)12-5-3-9-20-12/h2-5,8-9H,6-7H2,1H3,(H,18,19). The minimum absolute atomic E-state index is 0.111. The molecule has 5 heteroatoms. The van der Waals surface area contributed by atoms with Gasteiger partial charge in [0.25, 0.3) is 0 Å². The second-order valence-corrected chi connectivity index (χ2v) is 5.61. The second-order valence-electron chi connectivity index (χ2n) is 4.66. The number of aryl methyl sites for hydroxylation is 2. The van der Waals surface area contributed by atoms with E-state index in [1.54, 1.807) is 11.3 Å². The van der Waals surface area contributed by atoms with Crippen LogP contribution in [0.15, 0.2) is 35.8 Å². The highest BCUT2D eigenvalue weighted by Crippen LogP contribution is 2.29. The van der Waals surface area contributed by atoms with E-state index in [4.69, 9.17) is 10.1 Å². The van der Waals surface area contributed by atoms with Crippen molar-refractivity contribution in [2.24, 2.45) is 0 Å². The van der Waals surface area contributed by atoms with Crippen LogP contribution in [0.3, 0.4) is 0 Å². The van der Waals surface area contributed by atoms with Crippen molar-refractivity contribution < 1.29 is 9.90 Å². The number of imidazole rings is 1. The lowest BCUT2D eigenvalue weighted by Gasteiger charge is -2.03. The van der Waals surface area contributed by atoms with E-state index in [1.807, 2.05) is 47.2 Å². The summed E-state index contributed by atoms with van der Waals surface area (Å²) in [6.45, 7) is 2.02. The van der Waals surface area contributed by atoms with Crippen molar-refractivity contribution in [2.75, 3.05) is 0 Å². The number of aliphatic carboxylic acids is 1. The number of aromatic nitrogens is 2. The Morgan fingerprint density at radius 3 is 2.95 bits per heavy atom. The molecule has 0 radical (unpaired) electrons. The van der Waals surface area contributed by atoms with Crippen LogP contribution in [-0.2, 0) is 11.2 Å². The zero-order chi connectivity index (χ0) is 14.1. The fraction of sp³-hybridized carbons (Fsp3) is 0.200. The number of carbonyl (C=O) groups is 1. The first-order valence-electron chi connectivity index (χ1n) is 6.39. The Hall–Kier alpha value is -2.14. The average molecular weight is 286 g/mol. The number of carboxylic acids is 1. The van der Waals surface area contributed by atoms with E-state index in [9.17, 15) is 4.79 Å². The van der Waals surface area contributed by atoms with Gasteiger partial charge in [0.1, 0.15) is 11.3 Å². The first-order valence-corrected chi connectivity index (χ1v) is 7.27. The molecule has 0 bridgehead atoms. The lowest BCUT2D eigenvalue weighted by Crippen LogP contribution is -2.01. The Morgan fingerprint density at radius 1 is 1.40 bits per heavy atom. The number of rotatable bonds is 4. The maximum Gasteiger partial charge on any atom is 0.303 e. The molecule has 0 atom stereocenters. The van der Waals surface area contributed by atoms with Crippen LogP contribution < -0.4 is 0 Å². The molecule has 102 valence electrons. The van der Waals surface area contributed by atoms with Gasteiger partial charge in [-0.15, -0.1) is 11.3 Å². The first kappa shape index (κ1) is 12.9. The Labute approximate surface area is 120 Å². The van der Waals surface area contributed by atoms with Crippen molar-refractivity contribution in [3.8, 4) is 10.6 Å². The van der Waals surface area contributed by atoms with E-state index < -0.39 is 5.97 Å². The van der Waals surface area contributed by atoms with Gasteiger partial charge in [0.2, 0.25) is 0 Å². The lowest BCUT2D eigenvalue weighted by atomic mass is 10.2. The van der Waals surface area contributed by atoms with Crippen molar-refractivity contribution in [3.63, 3.8) is 0 Å². The van der Waals surface area contributed by atoms with Gasteiger partial charge in [-0.25, -0.2) is 4.98 Å². The predicted octanol–water partition coefficient (Wildman–Crippen LogP) is 3.39. The number of hydrogen-bond acceptors (Lipinski definition) is 3. The maximum atomic E-state index is 10.9. The number of nitrogens with zero attached hydrogens (tertiary/aromatic N) is 2. The van der Waals surface area contributed by atoms with E-state index in [1.165, 1.54) is 0 Å². The predicted molar refractivity (Wildman–Crippen MR) is 79.2 cm³/mol. The molecule has 0 spiro atoms. The van der Waals surface area contributed by atoms with Gasteiger partial charge in [-0.3, -0.25) is 4.79 Å². The minimum atomic E-state index is -0.787. The van der Waals surface area contributed by atoms with E-state index in [0.717, 1.165) is 27.5 Å². The Morgan fingerprint density at radius 2 is 2.25 bits per heavy atom. The van der Waals surface area contributed by atoms with E-state index in [2.05, 4.69) is 0 Å². The summed E-state index contributed by atoms with van der Waals surface area (Å²) in [5.74, 6) is -0.787. The van der Waals surface area contributed by atoms with Crippen LogP contribution >= 0.6 is 11.3 Å². The van der Waals surface area contributed by atoms with Crippen molar-refractivity contribution in [3.05, 3.63) is 47.1 Å². The lowest BCUT2D eigenvalue weighted by molar-refractivity contribution is -0.136. The molecule has 4 nitrogen and oxygen atoms in total. The highest BCUT2D eigenvalue weighted by atomic mass is 32.1. The van der Waals surface area contributed by atoms with Gasteiger partial charge >= 0.3 is 5.97 Å². The van der Waals surface area contributed by atoms with Crippen LogP contribution in [0.1, 0.15) is 17.7 Å². The van der Waals surface area contributed by atoms with Crippen molar-refractivity contribution in [1.29, 1.82) is 0 Å². The largest absolute Gasteiger partial charge is 0.481 e. The van der Waals surface area contributed by atoms with Crippen LogP contribution in [0.2, 0.25) is 0 Å². The molecule has 0 saturated carbocycles. The first-order chi connectivity index (χ1) is 9.66. The molecular weight excluding hydrogens is 272 g/mol. The van der Waals surface area contributed by atoms with Gasteiger partial charge in [-0.1, -0.05) is 12.1 Å². The molecule has 3 heterocycles. The van der Waals surface area contributed by atoms with Gasteiger partial charge in [-0.2, -0.15) is 0 Å². The number of fused-ring (bicyclic) bond motifs is 1. The normalized spacial score (nSPS) is 11.1. The monoisotopic (exact) mass is 286 g/mol. The number of thiophene rings is 1. The highest BCUT2D eigenvalue weighted by Gasteiger charge is 2.16. The van der Waals surface area contributed by atoms with Gasteiger partial charge in [-0.05, 0) is 30.0 Å². The summed E-state index contributed by atoms with van der Waals surface area (Å²) in [6.07, 6.45) is 2.54. The maximum absolute atomic E-state index is 10.9. The molecule has 3 aromatic rings. The topological polar surface area (TPSA) is 54.6 Å². The number of hydrogen-bond donors (Lipinski definition) is 1. The van der Waals surface area contributed by atoms with Crippen LogP contribution in [-0.4, -0.2) is 20.5 Å². The molecule has 0 aromatic carbocycles. The molecule has 0 aliphatic rings. The summed E-state index contributed by atoms with van der Waals surface area (Å²) in [5, 5.41) is 10.9. The zero-order valence-corrected chi connectivity index (χ0v) is 11.9. The summed E-state index contributed by atoms with van der Waals surface area (Å²) in [4.78, 5) is 16.7. The van der Waals surface area contributed by atoms with Crippen LogP contribution in [0.25, 0.3) is 16.2 Å². The smallest absolute Gasteiger partial charge is 0.303 e. The summed E-state index contributed by atoms with van der Waals surface area (Å²) >= 11 is 1.62. The van der Waals surface area contributed by atoms with Gasteiger partial charge < -0.3 is 9.51 Å². The van der Waals surface area contributed by atoms with Gasteiger partial charge in [0.05, 0.1) is 17.0 Å². The molecule has 20 heavy (non-hydrogen) atoms. The molecule has 0 fully saturated rings. The summed E-state index contributed by atoms with van der Waals surface area (Å²) < 4.78 is 2.01. The van der Waals surface area contributed by atoms with Crippen LogP contribution in [0.4, 0.5) is 0 Å². The number of pyridine rings is 1. The van der Waals surface area contributed by atoms with Crippen molar-refractivity contribution in [1.82, 2.24) is 9.38 Å². The van der Waals surface area contributed by atoms with E-state index >= 15 is 0 Å². The Balaban J connectivity index is 2.19. The summed E-state index contributed by atoms with van der Waals surface area (Å²) in [5.41, 5.74) is 3.85. The van der Waals surface area contributed by atoms with E-state index in [-0.39, 0.29) is 6.42 Å². The third kappa shape index (κ3) is 2.20. The number of carboxylic acid groups (broad SMARTS) is 1. The Bertz CT molecular complexity index is 760. The second kappa shape index (κ2) is 5.09. The minimum Gasteiger partial charge on any atom is -0.481 e. The molecule has 3 aromatic heterocycles. The van der Waals surface area contributed by atoms with Crippen LogP contribution in [0.5, 0.6) is 0 Å². The quantitative estimate of drug-likeness (QED) is 0.800. The highest BCUT2D eigenvalue weighted by molar-refractivity contribution is 7.13.